The highest BCUT2D eigenvalue weighted by atomic mass is 19.3. The molecular formula is C38H38F4N6O3. The lowest BCUT2D eigenvalue weighted by Gasteiger charge is -2.34. The van der Waals surface area contributed by atoms with Crippen LogP contribution < -0.4 is 19.7 Å². The summed E-state index contributed by atoms with van der Waals surface area (Å²) in [4.78, 5) is 18.5. The third kappa shape index (κ3) is 6.29. The van der Waals surface area contributed by atoms with Gasteiger partial charge in [0, 0.05) is 61.2 Å². The van der Waals surface area contributed by atoms with Crippen molar-refractivity contribution in [3.05, 3.63) is 53.1 Å². The number of phenols is 1. The van der Waals surface area contributed by atoms with Gasteiger partial charge in [-0.3, -0.25) is 0 Å². The maximum absolute atomic E-state index is 17.2. The number of piperidine rings is 1. The topological polar surface area (TPSA) is 95.9 Å². The first-order valence-electron chi connectivity index (χ1n) is 17.5. The van der Waals surface area contributed by atoms with Crippen LogP contribution in [0.1, 0.15) is 51.0 Å². The molecule has 8 rings (SSSR count). The number of phenolic OH excluding ortho intramolecular Hbond substituents is 1. The number of fused-ring (bicyclic) bond motifs is 4. The van der Waals surface area contributed by atoms with Crippen LogP contribution in [-0.4, -0.2) is 83.0 Å². The fraction of sp³-hybridized carbons (Fsp3) is 0.447. The normalized spacial score (nSPS) is 21.3. The molecule has 2 bridgehead atoms. The Morgan fingerprint density at radius 1 is 1.04 bits per heavy atom. The lowest BCUT2D eigenvalue weighted by Crippen LogP contribution is -2.51. The van der Waals surface area contributed by atoms with Crippen LogP contribution in [-0.2, 0) is 0 Å². The number of ether oxygens (including phenoxy) is 2. The highest BCUT2D eigenvalue weighted by Crippen LogP contribution is 2.48. The van der Waals surface area contributed by atoms with Crippen molar-refractivity contribution in [2.24, 2.45) is 5.41 Å². The Morgan fingerprint density at radius 2 is 1.78 bits per heavy atom. The monoisotopic (exact) mass is 702 g/mol. The fourth-order valence-electron chi connectivity index (χ4n) is 7.93. The molecule has 5 heterocycles. The lowest BCUT2D eigenvalue weighted by atomic mass is 9.95. The van der Waals surface area contributed by atoms with Gasteiger partial charge in [0.25, 0.3) is 6.08 Å². The summed E-state index contributed by atoms with van der Waals surface area (Å²) < 4.78 is 70.8. The van der Waals surface area contributed by atoms with Gasteiger partial charge in [-0.05, 0) is 74.6 Å². The van der Waals surface area contributed by atoms with Crippen molar-refractivity contribution >= 4 is 27.5 Å². The van der Waals surface area contributed by atoms with Crippen LogP contribution in [0.2, 0.25) is 0 Å². The zero-order valence-electron chi connectivity index (χ0n) is 28.2. The molecule has 1 saturated carbocycles. The van der Waals surface area contributed by atoms with Gasteiger partial charge in [-0.2, -0.15) is 18.7 Å². The Kier molecular flexibility index (Phi) is 8.63. The first-order valence-corrected chi connectivity index (χ1v) is 17.5. The molecule has 0 amide bonds. The summed E-state index contributed by atoms with van der Waals surface area (Å²) in [6.07, 6.45) is 8.69. The number of aromatic hydroxyl groups is 1. The second-order valence-electron chi connectivity index (χ2n) is 14.2. The smallest absolute Gasteiger partial charge is 0.319 e. The van der Waals surface area contributed by atoms with E-state index in [0.717, 1.165) is 25.7 Å². The Morgan fingerprint density at radius 3 is 2.45 bits per heavy atom. The predicted molar refractivity (Wildman–Crippen MR) is 185 cm³/mol. The van der Waals surface area contributed by atoms with E-state index in [0.29, 0.717) is 56.8 Å². The minimum absolute atomic E-state index is 0.00681. The number of nitrogens with one attached hydrogen (secondary N) is 1. The second-order valence-corrected chi connectivity index (χ2v) is 14.2. The molecule has 1 aliphatic carbocycles. The molecule has 4 aliphatic rings. The van der Waals surface area contributed by atoms with Gasteiger partial charge < -0.3 is 29.7 Å². The van der Waals surface area contributed by atoms with Crippen molar-refractivity contribution in [3.63, 3.8) is 0 Å². The molecule has 0 unspecified atom stereocenters. The molecular weight excluding hydrogens is 664 g/mol. The van der Waals surface area contributed by atoms with Gasteiger partial charge >= 0.3 is 6.01 Å². The number of likely N-dealkylation sites (tertiary alicyclic amines) is 1. The fourth-order valence-corrected chi connectivity index (χ4v) is 7.93. The molecule has 4 fully saturated rings. The van der Waals surface area contributed by atoms with E-state index in [1.54, 1.807) is 6.92 Å². The highest BCUT2D eigenvalue weighted by Gasteiger charge is 2.45. The van der Waals surface area contributed by atoms with E-state index in [9.17, 15) is 13.9 Å². The van der Waals surface area contributed by atoms with E-state index in [1.165, 1.54) is 24.3 Å². The Balaban J connectivity index is 1.23. The zero-order valence-corrected chi connectivity index (χ0v) is 28.2. The molecule has 3 aliphatic heterocycles. The first kappa shape index (κ1) is 33.5. The minimum Gasteiger partial charge on any atom is -0.508 e. The third-order valence-electron chi connectivity index (χ3n) is 10.7. The summed E-state index contributed by atoms with van der Waals surface area (Å²) in [7, 11) is 0. The molecule has 2 atom stereocenters. The number of pyridine rings is 1. The third-order valence-corrected chi connectivity index (χ3v) is 10.7. The molecule has 3 saturated heterocycles. The van der Waals surface area contributed by atoms with Crippen molar-refractivity contribution in [1.82, 2.24) is 25.2 Å². The van der Waals surface area contributed by atoms with Crippen molar-refractivity contribution in [2.75, 3.05) is 50.8 Å². The van der Waals surface area contributed by atoms with Gasteiger partial charge in [0.2, 0.25) is 5.88 Å². The average Bonchev–Trinajstić information content (AvgIpc) is 3.81. The van der Waals surface area contributed by atoms with Gasteiger partial charge in [0.15, 0.2) is 5.82 Å². The molecule has 0 radical (unpaired) electrons. The Labute approximate surface area is 292 Å². The molecule has 4 aromatic rings. The van der Waals surface area contributed by atoms with Crippen LogP contribution in [0.5, 0.6) is 17.6 Å². The van der Waals surface area contributed by atoms with Gasteiger partial charge in [-0.15, -0.1) is 6.42 Å². The summed E-state index contributed by atoms with van der Waals surface area (Å²) in [5.74, 6) is 1.25. The van der Waals surface area contributed by atoms with Crippen LogP contribution in [0.3, 0.4) is 0 Å². The average molecular weight is 703 g/mol. The quantitative estimate of drug-likeness (QED) is 0.149. The number of aromatic nitrogens is 3. The van der Waals surface area contributed by atoms with E-state index in [-0.39, 0.29) is 87.0 Å². The van der Waals surface area contributed by atoms with Crippen molar-refractivity contribution in [2.45, 2.75) is 57.5 Å². The number of benzene rings is 2. The van der Waals surface area contributed by atoms with Gasteiger partial charge in [-0.25, -0.2) is 13.8 Å². The summed E-state index contributed by atoms with van der Waals surface area (Å²) in [5, 5.41) is 15.2. The van der Waals surface area contributed by atoms with Gasteiger partial charge in [-0.1, -0.05) is 12.0 Å². The Hall–Kier alpha value is -4.67. The number of piperazine rings is 1. The summed E-state index contributed by atoms with van der Waals surface area (Å²) in [5.41, 5.74) is -0.255. The van der Waals surface area contributed by atoms with Gasteiger partial charge in [0.05, 0.1) is 18.8 Å². The number of nitrogens with zero attached hydrogens (tertiary/aromatic N) is 5. The minimum atomic E-state index is -1.57. The zero-order chi connectivity index (χ0) is 35.4. The second kappa shape index (κ2) is 13.1. The van der Waals surface area contributed by atoms with Crippen LogP contribution in [0, 0.1) is 29.4 Å². The van der Waals surface area contributed by atoms with Crippen LogP contribution in [0.15, 0.2) is 35.9 Å². The SMILES string of the molecule is C#Cc1c(F)ccc2cc(O)cc(-c3nc(OCC)c4c(N5C[C@H]6CC[C@@H](C5)N6)nc(OCC5(CN6CCC(=C(F)F)CC6)CC5)nc4c3F)c12. The predicted octanol–water partition coefficient (Wildman–Crippen LogP) is 6.55. The van der Waals surface area contributed by atoms with Crippen LogP contribution in [0.4, 0.5) is 23.4 Å². The molecule has 9 nitrogen and oxygen atoms in total. The summed E-state index contributed by atoms with van der Waals surface area (Å²) >= 11 is 0. The maximum Gasteiger partial charge on any atom is 0.319 e. The van der Waals surface area contributed by atoms with Crippen molar-refractivity contribution in [3.8, 4) is 41.2 Å². The number of hydrogen-bond donors (Lipinski definition) is 2. The van der Waals surface area contributed by atoms with Crippen molar-refractivity contribution < 1.29 is 32.1 Å². The number of anilines is 1. The Bertz CT molecular complexity index is 2090. The number of halogens is 4. The maximum atomic E-state index is 17.2. The van der Waals surface area contributed by atoms with E-state index in [1.807, 2.05) is 0 Å². The molecule has 266 valence electrons. The summed E-state index contributed by atoms with van der Waals surface area (Å²) in [6.45, 7) is 5.36. The van der Waals surface area contributed by atoms with E-state index >= 15 is 8.78 Å². The molecule has 2 N–H and O–H groups in total. The molecule has 2 aromatic heterocycles. The standard InChI is InChI=1S/C38H38F4N6O3/c1-3-26-28(39)8-5-22-15-25(49)16-27(29(22)26)32-31(40)33-30(36(44-32)50-4-2)35(48-17-23-6-7-24(18-48)43-23)46-37(45-33)51-20-38(11-12-38)19-47-13-9-21(10-14-47)34(41)42/h1,5,8,15-16,23-24,43,49H,4,6-7,9-14,17-20H2,2H3/t23-,24+. The largest absolute Gasteiger partial charge is 0.508 e. The van der Waals surface area contributed by atoms with E-state index in [4.69, 9.17) is 20.9 Å². The molecule has 0 spiro atoms. The highest BCUT2D eigenvalue weighted by molar-refractivity contribution is 6.04. The van der Waals surface area contributed by atoms with Gasteiger partial charge in [0.1, 0.15) is 34.0 Å². The molecule has 2 aromatic carbocycles. The van der Waals surface area contributed by atoms with Crippen molar-refractivity contribution in [1.29, 1.82) is 0 Å². The first-order chi connectivity index (χ1) is 24.6. The van der Waals surface area contributed by atoms with E-state index < -0.39 is 17.7 Å². The molecule has 13 heteroatoms. The number of terminal acetylenes is 1. The summed E-state index contributed by atoms with van der Waals surface area (Å²) in [6, 6.07) is 5.88. The lowest BCUT2D eigenvalue weighted by molar-refractivity contribution is 0.146. The van der Waals surface area contributed by atoms with E-state index in [2.05, 4.69) is 31.0 Å². The van der Waals surface area contributed by atoms with Crippen LogP contribution in [0.25, 0.3) is 32.9 Å². The number of rotatable bonds is 9. The number of hydrogen-bond acceptors (Lipinski definition) is 9. The molecule has 51 heavy (non-hydrogen) atoms. The van der Waals surface area contributed by atoms with Crippen LogP contribution >= 0.6 is 0 Å².